The van der Waals surface area contributed by atoms with Gasteiger partial charge in [-0.05, 0) is 36.6 Å². The molecule has 12 heteroatoms. The van der Waals surface area contributed by atoms with Crippen LogP contribution in [0.25, 0.3) is 0 Å². The van der Waals surface area contributed by atoms with Crippen molar-refractivity contribution in [2.45, 2.75) is 18.9 Å². The predicted molar refractivity (Wildman–Crippen MR) is 116 cm³/mol. The molecule has 0 aliphatic carbocycles. The van der Waals surface area contributed by atoms with Crippen LogP contribution in [0.15, 0.2) is 29.3 Å². The standard InChI is InChI=1S/C18H26ClN9O2/c1-28(2,3)12-8-6-11(7-9-12)23-17-25-15(19)26-18(27-17)24-13(14(29)30)5-4-10-22-16(20)21/h6-9,13H,4-5,10H2,1-3H3,(H6-,20,21,22,23,24,25,26,27,29,30). The molecule has 0 radical (unpaired) electrons. The third-order valence-corrected chi connectivity index (χ3v) is 4.21. The number of benzene rings is 1. The first-order chi connectivity index (χ1) is 14.0. The maximum absolute atomic E-state index is 11.4. The highest BCUT2D eigenvalue weighted by Gasteiger charge is 2.14. The summed E-state index contributed by atoms with van der Waals surface area (Å²) in [6.45, 7) is 0.293. The zero-order chi connectivity index (χ0) is 22.3. The molecule has 1 unspecified atom stereocenters. The van der Waals surface area contributed by atoms with Gasteiger partial charge in [0.05, 0.1) is 33.2 Å². The molecule has 1 aromatic heterocycles. The minimum atomic E-state index is -1.30. The van der Waals surface area contributed by atoms with Gasteiger partial charge in [0.25, 0.3) is 0 Å². The van der Waals surface area contributed by atoms with Crippen molar-refractivity contribution in [1.82, 2.24) is 19.4 Å². The Morgan fingerprint density at radius 1 is 1.17 bits per heavy atom. The number of aromatic nitrogens is 3. The smallest absolute Gasteiger partial charge is 0.233 e. The molecule has 0 aliphatic rings. The number of hydrogen-bond donors (Lipinski definition) is 4. The molecule has 0 saturated heterocycles. The molecular formula is C18H26ClN9O2. The van der Waals surface area contributed by atoms with Crippen LogP contribution in [0.5, 0.6) is 0 Å². The van der Waals surface area contributed by atoms with Gasteiger partial charge in [0, 0.05) is 24.4 Å². The fourth-order valence-corrected chi connectivity index (χ4v) is 2.66. The molecule has 2 aromatic rings. The number of carboxylic acids is 1. The summed E-state index contributed by atoms with van der Waals surface area (Å²) in [5.41, 5.74) is 12.4. The molecular weight excluding hydrogens is 410 g/mol. The van der Waals surface area contributed by atoms with E-state index in [4.69, 9.17) is 23.1 Å². The SMILES string of the molecule is C[N+](C)(C)c1ccc(Nc2nc(Cl)nc(NC(CCCN=C(N)N)C(=O)[O-])n2)cc1. The van der Waals surface area contributed by atoms with Crippen molar-refractivity contribution in [2.24, 2.45) is 16.5 Å². The van der Waals surface area contributed by atoms with Crippen LogP contribution >= 0.6 is 11.6 Å². The van der Waals surface area contributed by atoms with Crippen LogP contribution < -0.4 is 31.7 Å². The number of nitrogens with one attached hydrogen (secondary N) is 2. The summed E-state index contributed by atoms with van der Waals surface area (Å²) in [4.78, 5) is 27.4. The number of aliphatic imine (C=N–C) groups is 1. The van der Waals surface area contributed by atoms with Gasteiger partial charge in [-0.3, -0.25) is 9.48 Å². The first-order valence-electron chi connectivity index (χ1n) is 9.18. The molecule has 1 heterocycles. The number of nitrogens with two attached hydrogens (primary N) is 2. The van der Waals surface area contributed by atoms with Gasteiger partial charge in [0.15, 0.2) is 5.96 Å². The van der Waals surface area contributed by atoms with Crippen molar-refractivity contribution in [3.8, 4) is 0 Å². The number of hydrogen-bond acceptors (Lipinski definition) is 8. The monoisotopic (exact) mass is 435 g/mol. The summed E-state index contributed by atoms with van der Waals surface area (Å²) >= 11 is 5.97. The van der Waals surface area contributed by atoms with E-state index < -0.39 is 12.0 Å². The largest absolute Gasteiger partial charge is 0.548 e. The third-order valence-electron chi connectivity index (χ3n) is 4.04. The summed E-state index contributed by atoms with van der Waals surface area (Å²) in [7, 11) is 6.20. The lowest BCUT2D eigenvalue weighted by molar-refractivity contribution is -0.306. The van der Waals surface area contributed by atoms with E-state index in [1.165, 1.54) is 0 Å². The Balaban J connectivity index is 2.09. The number of rotatable bonds is 10. The highest BCUT2D eigenvalue weighted by atomic mass is 35.5. The maximum Gasteiger partial charge on any atom is 0.233 e. The molecule has 0 bridgehead atoms. The Labute approximate surface area is 179 Å². The van der Waals surface area contributed by atoms with E-state index in [0.29, 0.717) is 17.4 Å². The second-order valence-electron chi connectivity index (χ2n) is 7.40. The molecule has 11 nitrogen and oxygen atoms in total. The van der Waals surface area contributed by atoms with Gasteiger partial charge in [-0.1, -0.05) is 0 Å². The Kier molecular flexibility index (Phi) is 7.72. The number of carbonyl (C=O) groups excluding carboxylic acids is 1. The highest BCUT2D eigenvalue weighted by molar-refractivity contribution is 6.28. The van der Waals surface area contributed by atoms with Crippen LogP contribution in [0, 0.1) is 0 Å². The van der Waals surface area contributed by atoms with Crippen molar-refractivity contribution in [3.05, 3.63) is 29.5 Å². The number of halogens is 1. The quantitative estimate of drug-likeness (QED) is 0.174. The molecule has 2 rings (SSSR count). The zero-order valence-corrected chi connectivity index (χ0v) is 17.8. The van der Waals surface area contributed by atoms with Gasteiger partial charge in [-0.2, -0.15) is 15.0 Å². The molecule has 30 heavy (non-hydrogen) atoms. The second kappa shape index (κ2) is 10.0. The van der Waals surface area contributed by atoms with E-state index in [2.05, 4.69) is 51.7 Å². The molecule has 0 amide bonds. The van der Waals surface area contributed by atoms with Gasteiger partial charge >= 0.3 is 0 Å². The second-order valence-corrected chi connectivity index (χ2v) is 7.74. The van der Waals surface area contributed by atoms with Crippen LogP contribution in [0.3, 0.4) is 0 Å². The normalized spacial score (nSPS) is 12.1. The molecule has 6 N–H and O–H groups in total. The summed E-state index contributed by atoms with van der Waals surface area (Å²) in [6.07, 6.45) is 0.629. The molecule has 0 aliphatic heterocycles. The summed E-state index contributed by atoms with van der Waals surface area (Å²) in [5.74, 6) is -1.17. The maximum atomic E-state index is 11.4. The Hall–Kier alpha value is -3.18. The lowest BCUT2D eigenvalue weighted by Gasteiger charge is -2.23. The van der Waals surface area contributed by atoms with Gasteiger partial charge in [-0.15, -0.1) is 0 Å². The molecule has 1 aromatic carbocycles. The van der Waals surface area contributed by atoms with Crippen LogP contribution in [-0.4, -0.2) is 60.6 Å². The van der Waals surface area contributed by atoms with E-state index in [0.717, 1.165) is 11.4 Å². The number of carboxylic acid groups (broad SMARTS) is 1. The highest BCUT2D eigenvalue weighted by Crippen LogP contribution is 2.22. The Morgan fingerprint density at radius 2 is 1.80 bits per heavy atom. The third kappa shape index (κ3) is 7.33. The Bertz CT molecular complexity index is 894. The summed E-state index contributed by atoms with van der Waals surface area (Å²) in [5, 5.41) is 17.1. The van der Waals surface area contributed by atoms with Gasteiger partial charge in [-0.25, -0.2) is 0 Å². The lowest BCUT2D eigenvalue weighted by Crippen LogP contribution is -2.41. The van der Waals surface area contributed by atoms with Crippen molar-refractivity contribution >= 4 is 46.8 Å². The molecule has 1 atom stereocenters. The summed E-state index contributed by atoms with van der Waals surface area (Å²) < 4.78 is 0.680. The van der Waals surface area contributed by atoms with Crippen LogP contribution in [0.1, 0.15) is 12.8 Å². The molecule has 0 fully saturated rings. The van der Waals surface area contributed by atoms with Gasteiger partial charge in [0.2, 0.25) is 17.2 Å². The molecule has 0 saturated carbocycles. The predicted octanol–water partition coefficient (Wildman–Crippen LogP) is 0.0493. The molecule has 162 valence electrons. The average Bonchev–Trinajstić information content (AvgIpc) is 2.63. The fraction of sp³-hybridized carbons (Fsp3) is 0.389. The van der Waals surface area contributed by atoms with Crippen LogP contribution in [0.2, 0.25) is 5.28 Å². The van der Waals surface area contributed by atoms with Crippen LogP contribution in [0.4, 0.5) is 23.3 Å². The van der Waals surface area contributed by atoms with Crippen LogP contribution in [-0.2, 0) is 4.79 Å². The number of carbonyl (C=O) groups is 1. The topological polar surface area (TPSA) is 167 Å². The van der Waals surface area contributed by atoms with E-state index >= 15 is 0 Å². The zero-order valence-electron chi connectivity index (χ0n) is 17.1. The van der Waals surface area contributed by atoms with E-state index in [1.807, 2.05) is 24.3 Å². The van der Waals surface area contributed by atoms with Gasteiger partial charge in [0.1, 0.15) is 5.69 Å². The van der Waals surface area contributed by atoms with E-state index in [1.54, 1.807) is 0 Å². The average molecular weight is 436 g/mol. The molecule has 0 spiro atoms. The van der Waals surface area contributed by atoms with Crippen molar-refractivity contribution in [3.63, 3.8) is 0 Å². The number of guanidine groups is 1. The minimum absolute atomic E-state index is 0.0107. The van der Waals surface area contributed by atoms with Crippen molar-refractivity contribution in [2.75, 3.05) is 38.3 Å². The minimum Gasteiger partial charge on any atom is -0.548 e. The first kappa shape index (κ1) is 23.1. The lowest BCUT2D eigenvalue weighted by atomic mass is 10.1. The number of quaternary nitrogens is 1. The first-order valence-corrected chi connectivity index (χ1v) is 9.56. The van der Waals surface area contributed by atoms with E-state index in [9.17, 15) is 9.90 Å². The number of anilines is 3. The summed E-state index contributed by atoms with van der Waals surface area (Å²) in [6, 6.07) is 6.68. The number of nitrogens with zero attached hydrogens (tertiary/aromatic N) is 5. The Morgan fingerprint density at radius 3 is 2.37 bits per heavy atom. The van der Waals surface area contributed by atoms with Crippen molar-refractivity contribution < 1.29 is 9.90 Å². The van der Waals surface area contributed by atoms with Crippen molar-refractivity contribution in [1.29, 1.82) is 0 Å². The number of aliphatic carboxylic acids is 1. The van der Waals surface area contributed by atoms with E-state index in [-0.39, 0.29) is 29.6 Å². The van der Waals surface area contributed by atoms with Gasteiger partial charge < -0.3 is 32.0 Å². The fourth-order valence-electron chi connectivity index (χ4n) is 2.50.